The summed E-state index contributed by atoms with van der Waals surface area (Å²) in [6, 6.07) is 1.11. The summed E-state index contributed by atoms with van der Waals surface area (Å²) in [4.78, 5) is 4.79. The molecule has 2 rings (SSSR count). The lowest BCUT2D eigenvalue weighted by Gasteiger charge is -2.13. The Labute approximate surface area is 116 Å². The van der Waals surface area contributed by atoms with Crippen molar-refractivity contribution in [2.75, 3.05) is 6.61 Å². The molecule has 4 nitrogen and oxygen atoms in total. The van der Waals surface area contributed by atoms with Crippen molar-refractivity contribution in [2.45, 2.75) is 19.2 Å². The second kappa shape index (κ2) is 5.74. The maximum atomic E-state index is 13.6. The minimum atomic E-state index is -5.08. The number of alkyl halides is 3. The average molecular weight is 310 g/mol. The fourth-order valence-corrected chi connectivity index (χ4v) is 1.52. The molecule has 116 valence electrons. The fraction of sp³-hybridized carbons (Fsp3) is 0.417. The third kappa shape index (κ3) is 4.20. The minimum absolute atomic E-state index is 0.215. The Morgan fingerprint density at radius 1 is 1.29 bits per heavy atom. The Bertz CT molecular complexity index is 555. The van der Waals surface area contributed by atoms with Gasteiger partial charge in [-0.2, -0.15) is 0 Å². The van der Waals surface area contributed by atoms with E-state index in [0.717, 1.165) is 12.8 Å². The van der Waals surface area contributed by atoms with E-state index in [0.29, 0.717) is 18.1 Å². The van der Waals surface area contributed by atoms with Gasteiger partial charge in [-0.25, -0.2) is 8.78 Å². The Morgan fingerprint density at radius 3 is 2.52 bits per heavy atom. The molecule has 0 saturated heterocycles. The van der Waals surface area contributed by atoms with Crippen LogP contribution >= 0.6 is 0 Å². The van der Waals surface area contributed by atoms with E-state index in [4.69, 9.17) is 10.6 Å². The third-order valence-electron chi connectivity index (χ3n) is 2.71. The molecule has 0 aromatic heterocycles. The van der Waals surface area contributed by atoms with Gasteiger partial charge in [0.05, 0.1) is 0 Å². The maximum absolute atomic E-state index is 13.6. The SMILES string of the molecule is NC(=NOCC1CC1)c1c(OC(F)(F)F)ccc(F)c1F. The van der Waals surface area contributed by atoms with Crippen molar-refractivity contribution < 1.29 is 31.5 Å². The Balaban J connectivity index is 2.27. The summed E-state index contributed by atoms with van der Waals surface area (Å²) >= 11 is 0. The zero-order valence-electron chi connectivity index (χ0n) is 10.6. The summed E-state index contributed by atoms with van der Waals surface area (Å²) < 4.78 is 67.1. The summed E-state index contributed by atoms with van der Waals surface area (Å²) in [5, 5.41) is 3.31. The van der Waals surface area contributed by atoms with Gasteiger partial charge in [0.15, 0.2) is 17.5 Å². The molecule has 1 aromatic rings. The number of benzene rings is 1. The molecule has 0 heterocycles. The van der Waals surface area contributed by atoms with Gasteiger partial charge in [0, 0.05) is 0 Å². The first-order valence-electron chi connectivity index (χ1n) is 5.97. The number of rotatable bonds is 5. The van der Waals surface area contributed by atoms with Crippen LogP contribution in [0.2, 0.25) is 0 Å². The first-order valence-corrected chi connectivity index (χ1v) is 5.97. The highest BCUT2D eigenvalue weighted by molar-refractivity contribution is 5.99. The van der Waals surface area contributed by atoms with Crippen LogP contribution in [0, 0.1) is 17.6 Å². The number of halogens is 5. The van der Waals surface area contributed by atoms with Crippen LogP contribution in [-0.4, -0.2) is 18.8 Å². The predicted molar refractivity (Wildman–Crippen MR) is 62.4 cm³/mol. The number of oxime groups is 1. The second-order valence-electron chi connectivity index (χ2n) is 4.50. The van der Waals surface area contributed by atoms with Crippen molar-refractivity contribution in [1.82, 2.24) is 0 Å². The lowest BCUT2D eigenvalue weighted by atomic mass is 10.1. The van der Waals surface area contributed by atoms with Crippen molar-refractivity contribution in [2.24, 2.45) is 16.8 Å². The first kappa shape index (κ1) is 15.3. The van der Waals surface area contributed by atoms with Crippen molar-refractivity contribution in [3.05, 3.63) is 29.3 Å². The molecule has 0 radical (unpaired) electrons. The quantitative estimate of drug-likeness (QED) is 0.394. The summed E-state index contributed by atoms with van der Waals surface area (Å²) in [6.45, 7) is 0.215. The molecule has 1 saturated carbocycles. The van der Waals surface area contributed by atoms with Crippen LogP contribution in [0.25, 0.3) is 0 Å². The van der Waals surface area contributed by atoms with E-state index in [2.05, 4.69) is 9.89 Å². The fourth-order valence-electron chi connectivity index (χ4n) is 1.52. The Hall–Kier alpha value is -2.06. The van der Waals surface area contributed by atoms with Gasteiger partial charge in [0.25, 0.3) is 0 Å². The molecule has 1 fully saturated rings. The first-order chi connectivity index (χ1) is 9.78. The molecule has 0 unspecified atom stereocenters. The van der Waals surface area contributed by atoms with Crippen molar-refractivity contribution in [3.63, 3.8) is 0 Å². The summed E-state index contributed by atoms with van der Waals surface area (Å²) in [5.41, 5.74) is 4.43. The average Bonchev–Trinajstić information content (AvgIpc) is 3.16. The molecule has 0 bridgehead atoms. The summed E-state index contributed by atoms with van der Waals surface area (Å²) in [7, 11) is 0. The highest BCUT2D eigenvalue weighted by atomic mass is 19.4. The number of nitrogens with two attached hydrogens (primary N) is 1. The summed E-state index contributed by atoms with van der Waals surface area (Å²) in [5.74, 6) is -4.37. The molecule has 2 N–H and O–H groups in total. The largest absolute Gasteiger partial charge is 0.573 e. The number of hydrogen-bond donors (Lipinski definition) is 1. The van der Waals surface area contributed by atoms with E-state index in [1.54, 1.807) is 0 Å². The van der Waals surface area contributed by atoms with Crippen LogP contribution in [0.1, 0.15) is 18.4 Å². The molecule has 1 aliphatic carbocycles. The van der Waals surface area contributed by atoms with Gasteiger partial charge in [-0.1, -0.05) is 5.16 Å². The zero-order chi connectivity index (χ0) is 15.6. The lowest BCUT2D eigenvalue weighted by Crippen LogP contribution is -2.23. The monoisotopic (exact) mass is 310 g/mol. The molecule has 1 aliphatic rings. The minimum Gasteiger partial charge on any atom is -0.405 e. The number of hydrogen-bond acceptors (Lipinski definition) is 3. The van der Waals surface area contributed by atoms with Gasteiger partial charge >= 0.3 is 6.36 Å². The van der Waals surface area contributed by atoms with Gasteiger partial charge in [-0.15, -0.1) is 13.2 Å². The number of nitrogens with zero attached hydrogens (tertiary/aromatic N) is 1. The van der Waals surface area contributed by atoms with Crippen LogP contribution in [0.3, 0.4) is 0 Å². The number of ether oxygens (including phenoxy) is 1. The van der Waals surface area contributed by atoms with E-state index < -0.39 is 35.1 Å². The van der Waals surface area contributed by atoms with E-state index in [9.17, 15) is 22.0 Å². The highest BCUT2D eigenvalue weighted by Crippen LogP contribution is 2.30. The summed E-state index contributed by atoms with van der Waals surface area (Å²) in [6.07, 6.45) is -3.17. The van der Waals surface area contributed by atoms with Crippen LogP contribution in [0.5, 0.6) is 5.75 Å². The van der Waals surface area contributed by atoms with Gasteiger partial charge in [-0.05, 0) is 30.9 Å². The molecule has 1 aromatic carbocycles. The zero-order valence-corrected chi connectivity index (χ0v) is 10.6. The number of amidine groups is 1. The van der Waals surface area contributed by atoms with E-state index in [1.807, 2.05) is 0 Å². The van der Waals surface area contributed by atoms with Crippen molar-refractivity contribution >= 4 is 5.84 Å². The van der Waals surface area contributed by atoms with E-state index in [-0.39, 0.29) is 6.61 Å². The molecule has 21 heavy (non-hydrogen) atoms. The molecular formula is C12H11F5N2O2. The molecule has 0 aliphatic heterocycles. The molecule has 9 heteroatoms. The second-order valence-corrected chi connectivity index (χ2v) is 4.50. The Morgan fingerprint density at radius 2 is 1.95 bits per heavy atom. The third-order valence-corrected chi connectivity index (χ3v) is 2.71. The van der Waals surface area contributed by atoms with Crippen LogP contribution in [0.4, 0.5) is 22.0 Å². The normalized spacial score (nSPS) is 16.0. The van der Waals surface area contributed by atoms with Crippen molar-refractivity contribution in [3.8, 4) is 5.75 Å². The topological polar surface area (TPSA) is 56.8 Å². The van der Waals surface area contributed by atoms with Gasteiger partial charge in [0.2, 0.25) is 0 Å². The molecule has 0 atom stereocenters. The van der Waals surface area contributed by atoms with Crippen molar-refractivity contribution in [1.29, 1.82) is 0 Å². The molecule has 0 spiro atoms. The lowest BCUT2D eigenvalue weighted by molar-refractivity contribution is -0.274. The highest BCUT2D eigenvalue weighted by Gasteiger charge is 2.34. The smallest absolute Gasteiger partial charge is 0.405 e. The van der Waals surface area contributed by atoms with Gasteiger partial charge in [-0.3, -0.25) is 0 Å². The van der Waals surface area contributed by atoms with Crippen LogP contribution in [0.15, 0.2) is 17.3 Å². The van der Waals surface area contributed by atoms with Gasteiger partial charge < -0.3 is 15.3 Å². The van der Waals surface area contributed by atoms with Crippen LogP contribution in [-0.2, 0) is 4.84 Å². The molecule has 0 amide bonds. The molecular weight excluding hydrogens is 299 g/mol. The Kier molecular flexibility index (Phi) is 4.19. The van der Waals surface area contributed by atoms with E-state index in [1.165, 1.54) is 0 Å². The van der Waals surface area contributed by atoms with Crippen LogP contribution < -0.4 is 10.5 Å². The maximum Gasteiger partial charge on any atom is 0.573 e. The standard InChI is InChI=1S/C12H11F5N2O2/c13-7-3-4-8(21-12(15,16)17)9(10(7)14)11(18)19-20-5-6-1-2-6/h3-4,6H,1-2,5H2,(H2,18,19). The van der Waals surface area contributed by atoms with E-state index >= 15 is 0 Å². The predicted octanol–water partition coefficient (Wildman–Crippen LogP) is 2.91. The van der Waals surface area contributed by atoms with Gasteiger partial charge in [0.1, 0.15) is 17.9 Å².